The molecule has 2 aromatic rings. The number of aryl methyl sites for hydroxylation is 2. The zero-order valence-corrected chi connectivity index (χ0v) is 9.68. The fraction of sp³-hybridized carbons (Fsp3) is 0.143. The van der Waals surface area contributed by atoms with Gasteiger partial charge in [0.1, 0.15) is 0 Å². The molecule has 0 bridgehead atoms. The van der Waals surface area contributed by atoms with Crippen molar-refractivity contribution in [3.05, 3.63) is 58.6 Å². The highest BCUT2D eigenvalue weighted by Crippen LogP contribution is 2.25. The van der Waals surface area contributed by atoms with Crippen LogP contribution in [0.15, 0.2) is 42.5 Å². The molecule has 0 aliphatic heterocycles. The van der Waals surface area contributed by atoms with Crippen molar-refractivity contribution in [2.24, 2.45) is 0 Å². The van der Waals surface area contributed by atoms with Crippen LogP contribution in [0.2, 0.25) is 5.02 Å². The van der Waals surface area contributed by atoms with Crippen molar-refractivity contribution in [1.29, 1.82) is 0 Å². The van der Waals surface area contributed by atoms with Crippen LogP contribution < -0.4 is 0 Å². The minimum atomic E-state index is 0.795. The first-order valence-electron chi connectivity index (χ1n) is 5.00. The van der Waals surface area contributed by atoms with E-state index in [1.54, 1.807) is 0 Å². The minimum Gasteiger partial charge on any atom is -0.0843 e. The molecule has 76 valence electrons. The average Bonchev–Trinajstić information content (AvgIpc) is 2.20. The van der Waals surface area contributed by atoms with Crippen molar-refractivity contribution < 1.29 is 0 Å². The number of hydrogen-bond donors (Lipinski definition) is 0. The van der Waals surface area contributed by atoms with Gasteiger partial charge in [-0.3, -0.25) is 0 Å². The predicted octanol–water partition coefficient (Wildman–Crippen LogP) is 4.62. The molecule has 2 aromatic carbocycles. The van der Waals surface area contributed by atoms with E-state index in [0.29, 0.717) is 0 Å². The van der Waals surface area contributed by atoms with Gasteiger partial charge in [-0.2, -0.15) is 0 Å². The maximum Gasteiger partial charge on any atom is 0.0409 e. The first-order valence-corrected chi connectivity index (χ1v) is 5.38. The first kappa shape index (κ1) is 10.3. The zero-order chi connectivity index (χ0) is 10.8. The van der Waals surface area contributed by atoms with E-state index >= 15 is 0 Å². The van der Waals surface area contributed by atoms with Gasteiger partial charge in [0.2, 0.25) is 0 Å². The molecule has 0 radical (unpaired) electrons. The minimum absolute atomic E-state index is 0.795. The van der Waals surface area contributed by atoms with Gasteiger partial charge in [-0.25, -0.2) is 0 Å². The number of benzene rings is 2. The third kappa shape index (κ3) is 2.21. The fourth-order valence-corrected chi connectivity index (χ4v) is 1.91. The second-order valence-electron chi connectivity index (χ2n) is 3.83. The Labute approximate surface area is 95.5 Å². The van der Waals surface area contributed by atoms with Crippen LogP contribution in [-0.2, 0) is 0 Å². The second-order valence-corrected chi connectivity index (χ2v) is 4.26. The largest absolute Gasteiger partial charge is 0.0843 e. The molecule has 0 aliphatic carbocycles. The molecule has 0 nitrogen and oxygen atoms in total. The Morgan fingerprint density at radius 2 is 1.53 bits per heavy atom. The molecule has 0 aromatic heterocycles. The first-order chi connectivity index (χ1) is 7.16. The maximum absolute atomic E-state index is 5.93. The summed E-state index contributed by atoms with van der Waals surface area (Å²) in [5.74, 6) is 0. The fourth-order valence-electron chi connectivity index (χ4n) is 1.68. The lowest BCUT2D eigenvalue weighted by atomic mass is 10.00. The van der Waals surface area contributed by atoms with Crippen molar-refractivity contribution >= 4 is 11.6 Å². The summed E-state index contributed by atoms with van der Waals surface area (Å²) in [6.45, 7) is 4.18. The lowest BCUT2D eigenvalue weighted by Crippen LogP contribution is -1.83. The smallest absolute Gasteiger partial charge is 0.0409 e. The standard InChI is InChI=1S/C14H13Cl/c1-10-3-5-12(6-4-10)14-8-7-13(15)9-11(14)2/h3-9H,1-2H3. The van der Waals surface area contributed by atoms with Crippen LogP contribution in [0.4, 0.5) is 0 Å². The highest BCUT2D eigenvalue weighted by atomic mass is 35.5. The Balaban J connectivity index is 2.49. The van der Waals surface area contributed by atoms with Gasteiger partial charge in [-0.1, -0.05) is 47.5 Å². The Kier molecular flexibility index (Phi) is 2.79. The van der Waals surface area contributed by atoms with E-state index in [0.717, 1.165) is 5.02 Å². The van der Waals surface area contributed by atoms with Crippen LogP contribution in [0.5, 0.6) is 0 Å². The number of rotatable bonds is 1. The van der Waals surface area contributed by atoms with Crippen LogP contribution in [-0.4, -0.2) is 0 Å². The van der Waals surface area contributed by atoms with E-state index in [4.69, 9.17) is 11.6 Å². The Morgan fingerprint density at radius 1 is 0.867 bits per heavy atom. The molecular formula is C14H13Cl. The highest BCUT2D eigenvalue weighted by Gasteiger charge is 2.01. The highest BCUT2D eigenvalue weighted by molar-refractivity contribution is 6.30. The van der Waals surface area contributed by atoms with Crippen LogP contribution in [0.1, 0.15) is 11.1 Å². The monoisotopic (exact) mass is 216 g/mol. The van der Waals surface area contributed by atoms with E-state index < -0.39 is 0 Å². The van der Waals surface area contributed by atoms with Gasteiger partial charge in [0.15, 0.2) is 0 Å². The van der Waals surface area contributed by atoms with Gasteiger partial charge in [0.25, 0.3) is 0 Å². The quantitative estimate of drug-likeness (QED) is 0.652. The molecule has 0 spiro atoms. The topological polar surface area (TPSA) is 0 Å². The van der Waals surface area contributed by atoms with E-state index in [-0.39, 0.29) is 0 Å². The lowest BCUT2D eigenvalue weighted by molar-refractivity contribution is 1.43. The molecule has 2 rings (SSSR count). The Hall–Kier alpha value is -1.27. The molecule has 0 N–H and O–H groups in total. The van der Waals surface area contributed by atoms with Crippen LogP contribution in [0.3, 0.4) is 0 Å². The van der Waals surface area contributed by atoms with Gasteiger partial charge in [0, 0.05) is 5.02 Å². The van der Waals surface area contributed by atoms with Gasteiger partial charge in [-0.05, 0) is 42.7 Å². The summed E-state index contributed by atoms with van der Waals surface area (Å²) in [7, 11) is 0. The summed E-state index contributed by atoms with van der Waals surface area (Å²) in [6.07, 6.45) is 0. The summed E-state index contributed by atoms with van der Waals surface area (Å²) in [6, 6.07) is 14.5. The van der Waals surface area contributed by atoms with E-state index in [2.05, 4.69) is 44.2 Å². The van der Waals surface area contributed by atoms with Crippen molar-refractivity contribution in [3.63, 3.8) is 0 Å². The third-order valence-electron chi connectivity index (χ3n) is 2.55. The van der Waals surface area contributed by atoms with Gasteiger partial charge in [-0.15, -0.1) is 0 Å². The molecule has 0 heterocycles. The summed E-state index contributed by atoms with van der Waals surface area (Å²) in [5.41, 5.74) is 4.99. The molecule has 15 heavy (non-hydrogen) atoms. The van der Waals surface area contributed by atoms with E-state index in [1.807, 2.05) is 12.1 Å². The lowest BCUT2D eigenvalue weighted by Gasteiger charge is -2.06. The summed E-state index contributed by atoms with van der Waals surface area (Å²) in [5, 5.41) is 0.795. The molecule has 0 saturated carbocycles. The van der Waals surface area contributed by atoms with Gasteiger partial charge >= 0.3 is 0 Å². The Bertz CT molecular complexity index is 469. The molecule has 0 aliphatic rings. The Morgan fingerprint density at radius 3 is 2.13 bits per heavy atom. The molecule has 0 amide bonds. The second kappa shape index (κ2) is 4.08. The van der Waals surface area contributed by atoms with Crippen LogP contribution >= 0.6 is 11.6 Å². The van der Waals surface area contributed by atoms with E-state index in [9.17, 15) is 0 Å². The van der Waals surface area contributed by atoms with Crippen molar-refractivity contribution in [3.8, 4) is 11.1 Å². The summed E-state index contributed by atoms with van der Waals surface area (Å²) >= 11 is 5.93. The predicted molar refractivity (Wildman–Crippen MR) is 66.4 cm³/mol. The normalized spacial score (nSPS) is 10.3. The average molecular weight is 217 g/mol. The molecule has 1 heteroatoms. The van der Waals surface area contributed by atoms with Crippen LogP contribution in [0.25, 0.3) is 11.1 Å². The van der Waals surface area contributed by atoms with Crippen molar-refractivity contribution in [2.45, 2.75) is 13.8 Å². The van der Waals surface area contributed by atoms with Crippen LogP contribution in [0, 0.1) is 13.8 Å². The summed E-state index contributed by atoms with van der Waals surface area (Å²) < 4.78 is 0. The third-order valence-corrected chi connectivity index (χ3v) is 2.79. The van der Waals surface area contributed by atoms with Gasteiger partial charge < -0.3 is 0 Å². The van der Waals surface area contributed by atoms with Gasteiger partial charge in [0.05, 0.1) is 0 Å². The number of halogens is 1. The molecular weight excluding hydrogens is 204 g/mol. The molecule has 0 unspecified atom stereocenters. The van der Waals surface area contributed by atoms with Crippen molar-refractivity contribution in [2.75, 3.05) is 0 Å². The summed E-state index contributed by atoms with van der Waals surface area (Å²) in [4.78, 5) is 0. The molecule has 0 saturated heterocycles. The molecule has 0 fully saturated rings. The van der Waals surface area contributed by atoms with E-state index in [1.165, 1.54) is 22.3 Å². The SMILES string of the molecule is Cc1ccc(-c2ccc(Cl)cc2C)cc1. The van der Waals surface area contributed by atoms with Crippen molar-refractivity contribution in [1.82, 2.24) is 0 Å². The number of hydrogen-bond acceptors (Lipinski definition) is 0. The maximum atomic E-state index is 5.93. The zero-order valence-electron chi connectivity index (χ0n) is 8.92. The molecule has 0 atom stereocenters.